The van der Waals surface area contributed by atoms with Crippen LogP contribution in [0.1, 0.15) is 75.7 Å². The molecule has 5 aliphatic rings. The second-order valence-corrected chi connectivity index (χ2v) is 15.6. The minimum Gasteiger partial charge on any atom is -0.472 e. The quantitative estimate of drug-likeness (QED) is 0.195. The second-order valence-electron chi connectivity index (χ2n) is 14.5. The molecule has 6 atom stereocenters. The number of hydrogen-bond acceptors (Lipinski definition) is 6. The summed E-state index contributed by atoms with van der Waals surface area (Å²) in [6.45, 7) is 6.16. The largest absolute Gasteiger partial charge is 0.472 e. The van der Waals surface area contributed by atoms with E-state index in [1.165, 1.54) is 0 Å². The van der Waals surface area contributed by atoms with Gasteiger partial charge in [0.25, 0.3) is 0 Å². The first-order valence-corrected chi connectivity index (χ1v) is 18.8. The number of nitrogens with one attached hydrogen (secondary N) is 1. The number of nitrogens with zero attached hydrogens (tertiary/aromatic N) is 5. The van der Waals surface area contributed by atoms with E-state index in [0.717, 1.165) is 56.4 Å². The number of fused-ring (bicyclic) bond motifs is 4. The number of likely N-dealkylation sites (tertiary alicyclic amines) is 2. The van der Waals surface area contributed by atoms with Gasteiger partial charge in [-0.05, 0) is 82.7 Å². The van der Waals surface area contributed by atoms with Gasteiger partial charge in [-0.2, -0.15) is 5.26 Å². The Morgan fingerprint density at radius 1 is 1.20 bits per heavy atom. The summed E-state index contributed by atoms with van der Waals surface area (Å²) in [7, 11) is 2.10. The van der Waals surface area contributed by atoms with Crippen molar-refractivity contribution in [3.8, 4) is 23.1 Å². The molecule has 1 aliphatic carbocycles. The average molecular weight is 738 g/mol. The minimum atomic E-state index is -0.552. The van der Waals surface area contributed by atoms with Crippen molar-refractivity contribution in [2.45, 2.75) is 89.1 Å². The molecule has 5 fully saturated rings. The van der Waals surface area contributed by atoms with Crippen LogP contribution in [0.4, 0.5) is 4.39 Å². The molecule has 4 aliphatic heterocycles. The molecule has 12 heteroatoms. The Morgan fingerprint density at radius 3 is 2.68 bits per heavy atom. The first kappa shape index (κ1) is 34.0. The molecule has 9 rings (SSSR count). The number of aryl methyl sites for hydroxylation is 1. The van der Waals surface area contributed by atoms with Crippen LogP contribution in [-0.4, -0.2) is 70.1 Å². The summed E-state index contributed by atoms with van der Waals surface area (Å²) in [5.41, 5.74) is 3.11. The smallest absolute Gasteiger partial charge is 0.225 e. The van der Waals surface area contributed by atoms with Crippen molar-refractivity contribution < 1.29 is 13.9 Å². The fraction of sp³-hybridized carbons (Fsp3) is 0.500. The van der Waals surface area contributed by atoms with Gasteiger partial charge in [0.05, 0.1) is 49.8 Å². The Kier molecular flexibility index (Phi) is 8.92. The van der Waals surface area contributed by atoms with E-state index >= 15 is 4.39 Å². The SMILES string of the molecule is CC(=O)N1CCC[C@@H]1c1c(Cl)c2c(OC(C)[C@@H]3CCCN3C)nc3c(F)c(-c4cccc(Cl)c4Cl)c(CCC#N)cc3c2n1[C@H]1[C@H]2CN[C@@H]1C2. The maximum Gasteiger partial charge on any atom is 0.225 e. The number of ether oxygens (including phenoxy) is 1. The van der Waals surface area contributed by atoms with E-state index in [0.29, 0.717) is 50.8 Å². The lowest BCUT2D eigenvalue weighted by Gasteiger charge is -2.39. The van der Waals surface area contributed by atoms with Gasteiger partial charge in [0.15, 0.2) is 5.82 Å². The Hall–Kier alpha value is -3.13. The summed E-state index contributed by atoms with van der Waals surface area (Å²) < 4.78 is 26.6. The molecule has 262 valence electrons. The zero-order valence-electron chi connectivity index (χ0n) is 28.4. The summed E-state index contributed by atoms with van der Waals surface area (Å²) >= 11 is 20.8. The Morgan fingerprint density at radius 2 is 2.00 bits per heavy atom. The highest BCUT2D eigenvalue weighted by atomic mass is 35.5. The van der Waals surface area contributed by atoms with Gasteiger partial charge >= 0.3 is 0 Å². The molecular weight excluding hydrogens is 698 g/mol. The zero-order chi connectivity index (χ0) is 35.0. The number of likely N-dealkylation sites (N-methyl/N-ethyl adjacent to an activating group) is 1. The van der Waals surface area contributed by atoms with Crippen molar-refractivity contribution in [1.29, 1.82) is 5.26 Å². The van der Waals surface area contributed by atoms with Gasteiger partial charge in [0, 0.05) is 55.0 Å². The summed E-state index contributed by atoms with van der Waals surface area (Å²) in [6.07, 6.45) is 4.95. The summed E-state index contributed by atoms with van der Waals surface area (Å²) in [5.74, 6) is 0.0939. The monoisotopic (exact) mass is 736 g/mol. The molecular formula is C38H40Cl3FN6O2. The van der Waals surface area contributed by atoms with Crippen LogP contribution in [0.5, 0.6) is 5.88 Å². The normalized spacial score (nSPS) is 25.4. The molecule has 2 aromatic heterocycles. The van der Waals surface area contributed by atoms with Crippen LogP contribution in [-0.2, 0) is 11.2 Å². The molecule has 1 unspecified atom stereocenters. The fourth-order valence-corrected chi connectivity index (χ4v) is 10.1. The molecule has 2 aromatic carbocycles. The van der Waals surface area contributed by atoms with Gasteiger partial charge in [0.1, 0.15) is 11.6 Å². The fourth-order valence-electron chi connectivity index (χ4n) is 9.31. The molecule has 4 saturated heterocycles. The van der Waals surface area contributed by atoms with E-state index in [1.807, 2.05) is 17.9 Å². The van der Waals surface area contributed by atoms with Gasteiger partial charge in [-0.25, -0.2) is 9.37 Å². The topological polar surface area (TPSA) is 86.4 Å². The number of aromatic nitrogens is 2. The molecule has 6 heterocycles. The molecule has 2 bridgehead atoms. The zero-order valence-corrected chi connectivity index (χ0v) is 30.7. The molecule has 1 saturated carbocycles. The van der Waals surface area contributed by atoms with Gasteiger partial charge in [-0.15, -0.1) is 0 Å². The van der Waals surface area contributed by atoms with Crippen molar-refractivity contribution in [2.75, 3.05) is 26.7 Å². The van der Waals surface area contributed by atoms with Crippen LogP contribution < -0.4 is 10.1 Å². The molecule has 1 N–H and O–H groups in total. The Balaban J connectivity index is 1.47. The Labute approximate surface area is 306 Å². The average Bonchev–Trinajstić information content (AvgIpc) is 3.92. The molecule has 50 heavy (non-hydrogen) atoms. The van der Waals surface area contributed by atoms with Crippen LogP contribution in [0.25, 0.3) is 32.9 Å². The Bertz CT molecular complexity index is 2070. The van der Waals surface area contributed by atoms with E-state index in [9.17, 15) is 10.1 Å². The predicted octanol–water partition coefficient (Wildman–Crippen LogP) is 8.49. The van der Waals surface area contributed by atoms with E-state index < -0.39 is 5.82 Å². The number of pyridine rings is 1. The van der Waals surface area contributed by atoms with E-state index in [2.05, 4.69) is 27.9 Å². The maximum absolute atomic E-state index is 17.5. The highest BCUT2D eigenvalue weighted by molar-refractivity contribution is 6.43. The van der Waals surface area contributed by atoms with Crippen molar-refractivity contribution in [3.63, 3.8) is 0 Å². The molecule has 1 amide bonds. The lowest BCUT2D eigenvalue weighted by molar-refractivity contribution is -0.129. The summed E-state index contributed by atoms with van der Waals surface area (Å²) in [6, 6.07) is 9.56. The van der Waals surface area contributed by atoms with Gasteiger partial charge < -0.3 is 19.5 Å². The van der Waals surface area contributed by atoms with Gasteiger partial charge in [-0.3, -0.25) is 9.69 Å². The number of rotatable bonds is 8. The lowest BCUT2D eigenvalue weighted by Crippen LogP contribution is -2.40. The highest BCUT2D eigenvalue weighted by Gasteiger charge is 2.51. The van der Waals surface area contributed by atoms with Crippen LogP contribution in [0, 0.1) is 23.1 Å². The number of amides is 1. The second kappa shape index (κ2) is 13.1. The van der Waals surface area contributed by atoms with Crippen molar-refractivity contribution in [2.24, 2.45) is 5.92 Å². The van der Waals surface area contributed by atoms with Crippen LogP contribution in [0.2, 0.25) is 15.1 Å². The predicted molar refractivity (Wildman–Crippen MR) is 196 cm³/mol. The highest BCUT2D eigenvalue weighted by Crippen LogP contribution is 2.54. The molecule has 4 aromatic rings. The third-order valence-corrected chi connectivity index (χ3v) is 12.9. The van der Waals surface area contributed by atoms with Crippen molar-refractivity contribution in [3.05, 3.63) is 56.4 Å². The molecule has 0 radical (unpaired) electrons. The maximum atomic E-state index is 17.5. The van der Waals surface area contributed by atoms with Crippen molar-refractivity contribution in [1.82, 2.24) is 24.7 Å². The summed E-state index contributed by atoms with van der Waals surface area (Å²) in [5, 5.41) is 15.6. The number of hydrogen-bond donors (Lipinski definition) is 1. The first-order valence-electron chi connectivity index (χ1n) is 17.7. The number of carbonyl (C=O) groups excluding carboxylic acids is 1. The van der Waals surface area contributed by atoms with Crippen molar-refractivity contribution >= 4 is 62.5 Å². The number of halogens is 4. The van der Waals surface area contributed by atoms with E-state index in [-0.39, 0.29) is 64.6 Å². The first-order chi connectivity index (χ1) is 24.1. The molecule has 8 nitrogen and oxygen atoms in total. The van der Waals surface area contributed by atoms with Crippen LogP contribution >= 0.6 is 34.8 Å². The minimum absolute atomic E-state index is 0.000282. The van der Waals surface area contributed by atoms with Gasteiger partial charge in [0.2, 0.25) is 11.8 Å². The number of nitriles is 1. The molecule has 0 spiro atoms. The standard InChI is InChI=1S/C38H40Cl3FN6O2/c1-19(27-11-6-14-46(27)3)50-38-30-32(41)37(28-12-7-15-47(28)20(2)49)48(35-22-17-26(35)44-18-22)36(30)24-16-21(8-5-13-43)29(33(42)34(24)45-38)23-9-4-10-25(39)31(23)40/h4,9-10,16,19,22,26-28,35,44H,5-8,11-12,14-15,17-18H2,1-3H3/t19?,22-,26-,27+,28-,35+/m1/s1. The third-order valence-electron chi connectivity index (χ3n) is 11.7. The van der Waals surface area contributed by atoms with Crippen LogP contribution in [0.15, 0.2) is 24.3 Å². The third kappa shape index (κ3) is 5.28. The lowest BCUT2D eigenvalue weighted by atomic mass is 9.79. The summed E-state index contributed by atoms with van der Waals surface area (Å²) in [4.78, 5) is 22.2. The number of benzene rings is 2. The number of carbonyl (C=O) groups is 1. The van der Waals surface area contributed by atoms with Crippen LogP contribution in [0.3, 0.4) is 0 Å². The van der Waals surface area contributed by atoms with E-state index in [4.69, 9.17) is 44.5 Å². The van der Waals surface area contributed by atoms with Gasteiger partial charge in [-0.1, -0.05) is 46.9 Å². The van der Waals surface area contributed by atoms with E-state index in [1.54, 1.807) is 25.1 Å².